The zero-order chi connectivity index (χ0) is 19.5. The van der Waals surface area contributed by atoms with Gasteiger partial charge < -0.3 is 9.84 Å². The van der Waals surface area contributed by atoms with Crippen molar-refractivity contribution < 1.29 is 44.5 Å². The number of aromatic nitrogens is 1. The molecular formula is C11H16F6N3O4P. The second-order valence-corrected chi connectivity index (χ2v) is 6.37. The highest BCUT2D eigenvalue weighted by Crippen LogP contribution is 2.53. The predicted molar refractivity (Wildman–Crippen MR) is 73.7 cm³/mol. The van der Waals surface area contributed by atoms with Crippen LogP contribution >= 0.6 is 7.75 Å². The molecule has 0 amide bonds. The molecule has 0 fully saturated rings. The SMILES string of the molecule is CCOP(=O)(NC(Nc1cc(C)on1)(C(F)(F)F)C(F)(F)F)OCC. The van der Waals surface area contributed by atoms with Gasteiger partial charge in [-0.3, -0.25) is 9.05 Å². The molecule has 0 atom stereocenters. The molecule has 146 valence electrons. The van der Waals surface area contributed by atoms with Crippen molar-refractivity contribution in [3.8, 4) is 0 Å². The van der Waals surface area contributed by atoms with E-state index in [0.717, 1.165) is 11.2 Å². The van der Waals surface area contributed by atoms with E-state index in [1.54, 1.807) is 0 Å². The summed E-state index contributed by atoms with van der Waals surface area (Å²) in [6, 6.07) is 0.806. The van der Waals surface area contributed by atoms with E-state index in [1.165, 1.54) is 26.1 Å². The van der Waals surface area contributed by atoms with E-state index >= 15 is 0 Å². The molecule has 0 saturated carbocycles. The zero-order valence-corrected chi connectivity index (χ0v) is 14.2. The summed E-state index contributed by atoms with van der Waals surface area (Å²) in [5.74, 6) is -0.919. The van der Waals surface area contributed by atoms with Crippen LogP contribution in [0.2, 0.25) is 0 Å². The lowest BCUT2D eigenvalue weighted by molar-refractivity contribution is -0.293. The van der Waals surface area contributed by atoms with Crippen LogP contribution in [0.4, 0.5) is 32.2 Å². The van der Waals surface area contributed by atoms with Gasteiger partial charge >= 0.3 is 20.1 Å². The molecule has 14 heteroatoms. The second kappa shape index (κ2) is 7.52. The molecule has 0 radical (unpaired) electrons. The van der Waals surface area contributed by atoms with E-state index in [9.17, 15) is 30.9 Å². The van der Waals surface area contributed by atoms with Gasteiger partial charge in [-0.05, 0) is 20.8 Å². The van der Waals surface area contributed by atoms with Crippen molar-refractivity contribution in [1.82, 2.24) is 10.2 Å². The predicted octanol–water partition coefficient (Wildman–Crippen LogP) is 3.99. The van der Waals surface area contributed by atoms with Gasteiger partial charge in [-0.1, -0.05) is 5.16 Å². The summed E-state index contributed by atoms with van der Waals surface area (Å²) in [6.45, 7) is 2.80. The first-order chi connectivity index (χ1) is 11.3. The summed E-state index contributed by atoms with van der Waals surface area (Å²) >= 11 is 0. The van der Waals surface area contributed by atoms with Gasteiger partial charge in [0.25, 0.3) is 5.66 Å². The molecular weight excluding hydrogens is 383 g/mol. The van der Waals surface area contributed by atoms with Gasteiger partial charge in [0, 0.05) is 6.07 Å². The third-order valence-corrected chi connectivity index (χ3v) is 4.50. The Bertz CT molecular complexity index is 594. The van der Waals surface area contributed by atoms with Crippen LogP contribution in [0.5, 0.6) is 0 Å². The molecule has 1 rings (SSSR count). The fraction of sp³-hybridized carbons (Fsp3) is 0.727. The summed E-state index contributed by atoms with van der Waals surface area (Å²) in [4.78, 5) is 0. The lowest BCUT2D eigenvalue weighted by Gasteiger charge is -2.39. The molecule has 0 aliphatic carbocycles. The fourth-order valence-electron chi connectivity index (χ4n) is 1.72. The number of hydrogen-bond acceptors (Lipinski definition) is 6. The van der Waals surface area contributed by atoms with Gasteiger partial charge in [-0.25, -0.2) is 4.57 Å². The van der Waals surface area contributed by atoms with Gasteiger partial charge in [0.05, 0.1) is 13.2 Å². The lowest BCUT2D eigenvalue weighted by atomic mass is 10.1. The minimum Gasteiger partial charge on any atom is -0.360 e. The van der Waals surface area contributed by atoms with E-state index < -0.39 is 44.8 Å². The van der Waals surface area contributed by atoms with Gasteiger partial charge in [-0.15, -0.1) is 0 Å². The Labute approximate surface area is 138 Å². The minimum absolute atomic E-state index is 0.0430. The maximum atomic E-state index is 13.4. The third-order valence-electron chi connectivity index (χ3n) is 2.70. The number of hydrogen-bond donors (Lipinski definition) is 2. The monoisotopic (exact) mass is 399 g/mol. The molecule has 1 heterocycles. The van der Waals surface area contributed by atoms with Gasteiger partial charge in [0.2, 0.25) is 0 Å². The number of nitrogens with one attached hydrogen (secondary N) is 2. The Balaban J connectivity index is 3.46. The molecule has 0 saturated heterocycles. The van der Waals surface area contributed by atoms with Crippen LogP contribution in [0, 0.1) is 6.92 Å². The number of aryl methyl sites for hydroxylation is 1. The summed E-state index contributed by atoms with van der Waals surface area (Å²) in [5.41, 5.74) is -4.86. The first-order valence-corrected chi connectivity index (χ1v) is 8.38. The minimum atomic E-state index is -6.00. The lowest BCUT2D eigenvalue weighted by Crippen LogP contribution is -2.70. The van der Waals surface area contributed by atoms with Crippen LogP contribution in [-0.4, -0.2) is 36.4 Å². The van der Waals surface area contributed by atoms with Crippen molar-refractivity contribution in [3.63, 3.8) is 0 Å². The quantitative estimate of drug-likeness (QED) is 0.389. The number of anilines is 1. The number of nitrogens with zero attached hydrogens (tertiary/aromatic N) is 1. The van der Waals surface area contributed by atoms with E-state index in [1.807, 2.05) is 0 Å². The molecule has 0 unspecified atom stereocenters. The average molecular weight is 399 g/mol. The standard InChI is InChI=1S/C11H16F6N3O4P/c1-4-22-25(21,23-5-2)20-9(10(12,13)14,11(15,16)17)18-8-6-7(3)24-19-8/h6H,4-5H2,1-3H3,(H,18,19)(H,20,21). The summed E-state index contributed by atoms with van der Waals surface area (Å²) in [5, 5.41) is 5.17. The molecule has 0 aliphatic heterocycles. The van der Waals surface area contributed by atoms with Crippen molar-refractivity contribution in [2.24, 2.45) is 0 Å². The van der Waals surface area contributed by atoms with Crippen LogP contribution in [0.25, 0.3) is 0 Å². The van der Waals surface area contributed by atoms with E-state index in [2.05, 4.69) is 18.7 Å². The Morgan fingerprint density at radius 3 is 1.92 bits per heavy atom. The maximum absolute atomic E-state index is 13.4. The fourth-order valence-corrected chi connectivity index (χ4v) is 3.33. The van der Waals surface area contributed by atoms with Crippen molar-refractivity contribution >= 4 is 13.6 Å². The molecule has 0 bridgehead atoms. The highest BCUT2D eigenvalue weighted by atomic mass is 31.2. The van der Waals surface area contributed by atoms with Crippen LogP contribution in [0.3, 0.4) is 0 Å². The second-order valence-electron chi connectivity index (χ2n) is 4.64. The van der Waals surface area contributed by atoms with E-state index in [-0.39, 0.29) is 5.76 Å². The molecule has 0 aromatic carbocycles. The molecule has 0 spiro atoms. The molecule has 7 nitrogen and oxygen atoms in total. The Morgan fingerprint density at radius 1 is 1.12 bits per heavy atom. The van der Waals surface area contributed by atoms with Crippen molar-refractivity contribution in [3.05, 3.63) is 11.8 Å². The molecule has 1 aromatic heterocycles. The molecule has 2 N–H and O–H groups in total. The number of rotatable bonds is 8. The zero-order valence-electron chi connectivity index (χ0n) is 13.3. The smallest absolute Gasteiger partial charge is 0.360 e. The molecule has 0 aliphatic rings. The largest absolute Gasteiger partial charge is 0.434 e. The normalized spacial score (nSPS) is 14.0. The summed E-state index contributed by atoms with van der Waals surface area (Å²) in [7, 11) is -4.97. The summed E-state index contributed by atoms with van der Waals surface area (Å²) in [6.07, 6.45) is -12.0. The average Bonchev–Trinajstić information content (AvgIpc) is 2.81. The number of halogens is 6. The van der Waals surface area contributed by atoms with E-state index in [0.29, 0.717) is 0 Å². The Hall–Kier alpha value is -1.30. The van der Waals surface area contributed by atoms with Crippen LogP contribution in [-0.2, 0) is 13.6 Å². The first-order valence-electron chi connectivity index (χ1n) is 6.83. The van der Waals surface area contributed by atoms with Crippen molar-refractivity contribution in [2.45, 2.75) is 38.8 Å². The molecule has 1 aromatic rings. The van der Waals surface area contributed by atoms with Crippen molar-refractivity contribution in [2.75, 3.05) is 18.5 Å². The van der Waals surface area contributed by atoms with Gasteiger partial charge in [0.15, 0.2) is 5.82 Å². The van der Waals surface area contributed by atoms with Crippen LogP contribution in [0.15, 0.2) is 10.6 Å². The third kappa shape index (κ3) is 4.87. The number of alkyl halides is 6. The van der Waals surface area contributed by atoms with Crippen molar-refractivity contribution in [1.29, 1.82) is 0 Å². The first kappa shape index (κ1) is 21.7. The maximum Gasteiger partial charge on any atom is 0.434 e. The van der Waals surface area contributed by atoms with E-state index in [4.69, 9.17) is 0 Å². The van der Waals surface area contributed by atoms with Gasteiger partial charge in [-0.2, -0.15) is 31.4 Å². The highest BCUT2D eigenvalue weighted by molar-refractivity contribution is 7.51. The highest BCUT2D eigenvalue weighted by Gasteiger charge is 2.74. The molecule has 25 heavy (non-hydrogen) atoms. The Kier molecular flexibility index (Phi) is 6.54. The van der Waals surface area contributed by atoms with Crippen LogP contribution < -0.4 is 10.4 Å². The summed E-state index contributed by atoms with van der Waals surface area (Å²) < 4.78 is 106. The topological polar surface area (TPSA) is 85.6 Å². The van der Waals surface area contributed by atoms with Crippen LogP contribution in [0.1, 0.15) is 19.6 Å². The van der Waals surface area contributed by atoms with Gasteiger partial charge in [0.1, 0.15) is 5.76 Å². The Morgan fingerprint density at radius 2 is 1.60 bits per heavy atom.